The predicted octanol–water partition coefficient (Wildman–Crippen LogP) is 3.48. The molecule has 1 aliphatic rings. The first-order valence-electron chi connectivity index (χ1n) is 7.04. The summed E-state index contributed by atoms with van der Waals surface area (Å²) in [5.41, 5.74) is 2.28. The fourth-order valence-electron chi connectivity index (χ4n) is 2.43. The van der Waals surface area contributed by atoms with Gasteiger partial charge in [0.2, 0.25) is 0 Å². The summed E-state index contributed by atoms with van der Waals surface area (Å²) in [7, 11) is 0. The highest BCUT2D eigenvalue weighted by Crippen LogP contribution is 2.29. The van der Waals surface area contributed by atoms with Crippen LogP contribution in [0.2, 0.25) is 0 Å². The summed E-state index contributed by atoms with van der Waals surface area (Å²) in [6.07, 6.45) is 4.46. The van der Waals surface area contributed by atoms with E-state index in [0.717, 1.165) is 18.5 Å². The summed E-state index contributed by atoms with van der Waals surface area (Å²) in [6, 6.07) is 6.67. The smallest absolute Gasteiger partial charge is 0.257 e. The largest absolute Gasteiger partial charge is 0.298 e. The number of nitrogens with zero attached hydrogens (tertiary/aromatic N) is 1. The number of hydrogen-bond acceptors (Lipinski definition) is 4. The summed E-state index contributed by atoms with van der Waals surface area (Å²) in [4.78, 5) is 29.2. The highest BCUT2D eigenvalue weighted by molar-refractivity contribution is 7.15. The number of aryl methyl sites for hydroxylation is 2. The fraction of sp³-hybridized carbons (Fsp3) is 0.312. The van der Waals surface area contributed by atoms with Crippen molar-refractivity contribution in [2.45, 2.75) is 32.6 Å². The molecule has 0 bridgehead atoms. The maximum absolute atomic E-state index is 12.2. The number of aromatic nitrogens is 1. The van der Waals surface area contributed by atoms with Gasteiger partial charge in [-0.05, 0) is 44.7 Å². The van der Waals surface area contributed by atoms with E-state index >= 15 is 0 Å². The van der Waals surface area contributed by atoms with Gasteiger partial charge in [0.25, 0.3) is 5.91 Å². The molecule has 1 aromatic carbocycles. The summed E-state index contributed by atoms with van der Waals surface area (Å²) < 4.78 is 0. The first kappa shape index (κ1) is 13.9. The van der Waals surface area contributed by atoms with Crippen molar-refractivity contribution in [3.05, 3.63) is 46.0 Å². The highest BCUT2D eigenvalue weighted by atomic mass is 32.1. The maximum Gasteiger partial charge on any atom is 0.257 e. The number of benzene rings is 1. The van der Waals surface area contributed by atoms with Gasteiger partial charge in [0.1, 0.15) is 0 Å². The zero-order valence-corrected chi connectivity index (χ0v) is 12.6. The molecule has 1 N–H and O–H groups in total. The molecule has 4 nitrogen and oxygen atoms in total. The minimum atomic E-state index is -0.184. The lowest BCUT2D eigenvalue weighted by atomic mass is 10.0. The number of Topliss-reactive ketones (excluding diaryl/α,β-unsaturated/α-hetero) is 1. The van der Waals surface area contributed by atoms with E-state index in [4.69, 9.17) is 0 Å². The average Bonchev–Trinajstić information content (AvgIpc) is 2.89. The second-order valence-electron chi connectivity index (χ2n) is 5.18. The molecular formula is C16H16N2O2S. The van der Waals surface area contributed by atoms with Gasteiger partial charge in [-0.1, -0.05) is 12.1 Å². The number of carbonyl (C=O) groups is 2. The van der Waals surface area contributed by atoms with Crippen molar-refractivity contribution < 1.29 is 9.59 Å². The highest BCUT2D eigenvalue weighted by Gasteiger charge is 2.16. The number of carbonyl (C=O) groups excluding carboxylic acids is 2. The van der Waals surface area contributed by atoms with Gasteiger partial charge < -0.3 is 0 Å². The van der Waals surface area contributed by atoms with Crippen molar-refractivity contribution >= 4 is 28.2 Å². The molecule has 1 aliphatic carbocycles. The molecule has 5 heteroatoms. The normalized spacial score (nSPS) is 13.6. The second kappa shape index (κ2) is 5.77. The van der Waals surface area contributed by atoms with Gasteiger partial charge in [-0.25, -0.2) is 4.98 Å². The Morgan fingerprint density at radius 2 is 1.76 bits per heavy atom. The third-order valence-corrected chi connectivity index (χ3v) is 4.69. The Bertz CT molecular complexity index is 665. The molecule has 0 atom stereocenters. The second-order valence-corrected chi connectivity index (χ2v) is 6.27. The number of hydrogen-bond donors (Lipinski definition) is 1. The Hall–Kier alpha value is -2.01. The Morgan fingerprint density at radius 1 is 1.10 bits per heavy atom. The fourth-order valence-corrected chi connectivity index (χ4v) is 3.48. The van der Waals surface area contributed by atoms with Crippen LogP contribution in [-0.2, 0) is 12.8 Å². The summed E-state index contributed by atoms with van der Waals surface area (Å²) in [6.45, 7) is 1.51. The minimum Gasteiger partial charge on any atom is -0.298 e. The van der Waals surface area contributed by atoms with Crippen molar-refractivity contribution in [2.24, 2.45) is 0 Å². The summed E-state index contributed by atoms with van der Waals surface area (Å²) >= 11 is 1.57. The van der Waals surface area contributed by atoms with E-state index in [1.54, 1.807) is 35.6 Å². The quantitative estimate of drug-likeness (QED) is 0.883. The molecular weight excluding hydrogens is 284 g/mol. The monoisotopic (exact) mass is 300 g/mol. The molecule has 0 saturated heterocycles. The number of rotatable bonds is 3. The van der Waals surface area contributed by atoms with Crippen LogP contribution in [0.3, 0.4) is 0 Å². The molecule has 21 heavy (non-hydrogen) atoms. The Balaban J connectivity index is 1.73. The minimum absolute atomic E-state index is 0.00504. The Morgan fingerprint density at radius 3 is 2.43 bits per heavy atom. The van der Waals surface area contributed by atoms with Gasteiger partial charge in [0, 0.05) is 16.0 Å². The number of ketones is 1. The first-order chi connectivity index (χ1) is 10.1. The average molecular weight is 300 g/mol. The van der Waals surface area contributed by atoms with Crippen LogP contribution < -0.4 is 5.32 Å². The predicted molar refractivity (Wildman–Crippen MR) is 83.2 cm³/mol. The molecule has 0 unspecified atom stereocenters. The van der Waals surface area contributed by atoms with Gasteiger partial charge >= 0.3 is 0 Å². The van der Waals surface area contributed by atoms with Gasteiger partial charge in [-0.15, -0.1) is 11.3 Å². The van der Waals surface area contributed by atoms with Crippen LogP contribution in [0, 0.1) is 0 Å². The zero-order valence-electron chi connectivity index (χ0n) is 11.8. The van der Waals surface area contributed by atoms with Crippen LogP contribution in [0.4, 0.5) is 5.13 Å². The molecule has 0 spiro atoms. The Kier molecular flexibility index (Phi) is 3.84. The lowest BCUT2D eigenvalue weighted by Crippen LogP contribution is -2.12. The molecule has 2 aromatic rings. The van der Waals surface area contributed by atoms with E-state index in [-0.39, 0.29) is 11.7 Å². The lowest BCUT2D eigenvalue weighted by molar-refractivity contribution is 0.100. The number of nitrogens with one attached hydrogen (secondary N) is 1. The molecule has 0 saturated carbocycles. The van der Waals surface area contributed by atoms with Gasteiger partial charge in [0.05, 0.1) is 5.69 Å². The van der Waals surface area contributed by atoms with Crippen LogP contribution >= 0.6 is 11.3 Å². The van der Waals surface area contributed by atoms with E-state index in [9.17, 15) is 9.59 Å². The van der Waals surface area contributed by atoms with Crippen molar-refractivity contribution in [3.63, 3.8) is 0 Å². The summed E-state index contributed by atoms with van der Waals surface area (Å²) in [5, 5.41) is 3.52. The van der Waals surface area contributed by atoms with Gasteiger partial charge in [-0.2, -0.15) is 0 Å². The molecule has 0 radical (unpaired) electrons. The van der Waals surface area contributed by atoms with Crippen LogP contribution in [0.1, 0.15) is 51.1 Å². The molecule has 1 heterocycles. The lowest BCUT2D eigenvalue weighted by Gasteiger charge is -2.06. The molecule has 3 rings (SSSR count). The van der Waals surface area contributed by atoms with Gasteiger partial charge in [-0.3, -0.25) is 14.9 Å². The van der Waals surface area contributed by atoms with E-state index in [1.807, 2.05) is 0 Å². The third-order valence-electron chi connectivity index (χ3n) is 3.62. The molecule has 108 valence electrons. The van der Waals surface area contributed by atoms with E-state index in [1.165, 1.54) is 24.6 Å². The number of thiazole rings is 1. The topological polar surface area (TPSA) is 59.1 Å². The Labute approximate surface area is 127 Å². The zero-order chi connectivity index (χ0) is 14.8. The van der Waals surface area contributed by atoms with E-state index in [2.05, 4.69) is 10.3 Å². The third kappa shape index (κ3) is 3.03. The van der Waals surface area contributed by atoms with Crippen molar-refractivity contribution in [3.8, 4) is 0 Å². The van der Waals surface area contributed by atoms with Crippen molar-refractivity contribution in [2.75, 3.05) is 5.32 Å². The molecule has 0 fully saturated rings. The molecule has 1 aromatic heterocycles. The van der Waals surface area contributed by atoms with E-state index in [0.29, 0.717) is 16.3 Å². The van der Waals surface area contributed by atoms with Crippen LogP contribution in [0.25, 0.3) is 0 Å². The summed E-state index contributed by atoms with van der Waals surface area (Å²) in [5.74, 6) is -0.189. The van der Waals surface area contributed by atoms with Crippen LogP contribution in [0.15, 0.2) is 24.3 Å². The molecule has 0 aliphatic heterocycles. The molecule has 1 amide bonds. The van der Waals surface area contributed by atoms with Gasteiger partial charge in [0.15, 0.2) is 10.9 Å². The van der Waals surface area contributed by atoms with Crippen LogP contribution in [-0.4, -0.2) is 16.7 Å². The van der Waals surface area contributed by atoms with Crippen molar-refractivity contribution in [1.29, 1.82) is 0 Å². The maximum atomic E-state index is 12.2. The van der Waals surface area contributed by atoms with E-state index < -0.39 is 0 Å². The standard InChI is InChI=1S/C16H16N2O2S/c1-10(19)11-6-8-12(9-7-11)15(20)18-16-17-13-4-2-3-5-14(13)21-16/h6-9H,2-5H2,1H3,(H,17,18,20). The number of amides is 1. The first-order valence-corrected chi connectivity index (χ1v) is 7.86. The van der Waals surface area contributed by atoms with Crippen LogP contribution in [0.5, 0.6) is 0 Å². The number of anilines is 1. The SMILES string of the molecule is CC(=O)c1ccc(C(=O)Nc2nc3c(s2)CCCC3)cc1. The number of fused-ring (bicyclic) bond motifs is 1. The van der Waals surface area contributed by atoms with Crippen molar-refractivity contribution in [1.82, 2.24) is 4.98 Å².